The molecule has 1 amide bonds. The molecule has 0 radical (unpaired) electrons. The number of nitrogens with zero attached hydrogens (tertiary/aromatic N) is 1. The van der Waals surface area contributed by atoms with Gasteiger partial charge in [-0.1, -0.05) is 0 Å². The predicted molar refractivity (Wildman–Crippen MR) is 67.5 cm³/mol. The smallest absolute Gasteiger partial charge is 0.307 e. The highest BCUT2D eigenvalue weighted by atomic mass is 32.2. The van der Waals surface area contributed by atoms with E-state index in [4.69, 9.17) is 5.11 Å². The van der Waals surface area contributed by atoms with E-state index in [1.54, 1.807) is 0 Å². The average molecular weight is 293 g/mol. The summed E-state index contributed by atoms with van der Waals surface area (Å²) in [7, 11) is -3.68. The van der Waals surface area contributed by atoms with Crippen molar-refractivity contribution in [3.05, 3.63) is 0 Å². The SMILES string of the molecule is CC(=O)NCCNS(=O)(=O)N1CCCC(C(=O)O)C1. The standard InChI is InChI=1S/C10H19N3O5S/c1-8(14)11-4-5-12-19(17,18)13-6-2-3-9(7-13)10(15)16/h9,12H,2-7H2,1H3,(H,11,14)(H,15,16). The number of carbonyl (C=O) groups excluding carboxylic acids is 1. The topological polar surface area (TPSA) is 116 Å². The lowest BCUT2D eigenvalue weighted by atomic mass is 10.0. The number of rotatable bonds is 6. The van der Waals surface area contributed by atoms with Crippen LogP contribution in [0.15, 0.2) is 0 Å². The second-order valence-corrected chi connectivity index (χ2v) is 6.17. The Labute approximate surface area is 112 Å². The van der Waals surface area contributed by atoms with Gasteiger partial charge in [0.2, 0.25) is 5.91 Å². The third-order valence-electron chi connectivity index (χ3n) is 2.86. The van der Waals surface area contributed by atoms with Crippen LogP contribution in [0.2, 0.25) is 0 Å². The van der Waals surface area contributed by atoms with Crippen molar-refractivity contribution in [2.24, 2.45) is 5.92 Å². The van der Waals surface area contributed by atoms with Crippen molar-refractivity contribution in [3.8, 4) is 0 Å². The Bertz CT molecular complexity index is 436. The first-order valence-electron chi connectivity index (χ1n) is 6.05. The average Bonchev–Trinajstić information content (AvgIpc) is 2.34. The van der Waals surface area contributed by atoms with Crippen LogP contribution in [-0.4, -0.2) is 55.9 Å². The largest absolute Gasteiger partial charge is 0.481 e. The Morgan fingerprint density at radius 2 is 2.05 bits per heavy atom. The summed E-state index contributed by atoms with van der Waals surface area (Å²) in [6.45, 7) is 1.93. The van der Waals surface area contributed by atoms with Gasteiger partial charge in [-0.25, -0.2) is 4.72 Å². The second kappa shape index (κ2) is 6.83. The molecule has 0 spiro atoms. The molecule has 1 heterocycles. The van der Waals surface area contributed by atoms with Crippen molar-refractivity contribution < 1.29 is 23.1 Å². The number of carboxylic acid groups (broad SMARTS) is 1. The maximum atomic E-state index is 11.9. The Morgan fingerprint density at radius 1 is 1.37 bits per heavy atom. The highest BCUT2D eigenvalue weighted by Gasteiger charge is 2.31. The van der Waals surface area contributed by atoms with Gasteiger partial charge in [0.25, 0.3) is 10.2 Å². The minimum atomic E-state index is -3.68. The molecule has 0 aromatic heterocycles. The highest BCUT2D eigenvalue weighted by molar-refractivity contribution is 7.87. The van der Waals surface area contributed by atoms with Gasteiger partial charge in [-0.2, -0.15) is 12.7 Å². The summed E-state index contributed by atoms with van der Waals surface area (Å²) in [4.78, 5) is 21.5. The minimum Gasteiger partial charge on any atom is -0.481 e. The number of carbonyl (C=O) groups is 2. The first-order chi connectivity index (χ1) is 8.83. The van der Waals surface area contributed by atoms with Crippen LogP contribution in [0.25, 0.3) is 0 Å². The van der Waals surface area contributed by atoms with Gasteiger partial charge in [0, 0.05) is 33.1 Å². The number of aliphatic carboxylic acids is 1. The summed E-state index contributed by atoms with van der Waals surface area (Å²) in [5.74, 6) is -1.86. The van der Waals surface area contributed by atoms with Crippen LogP contribution < -0.4 is 10.0 Å². The van der Waals surface area contributed by atoms with E-state index in [2.05, 4.69) is 10.0 Å². The molecule has 3 N–H and O–H groups in total. The zero-order valence-corrected chi connectivity index (χ0v) is 11.6. The summed E-state index contributed by atoms with van der Waals surface area (Å²) in [6, 6.07) is 0. The summed E-state index contributed by atoms with van der Waals surface area (Å²) in [6.07, 6.45) is 1.02. The van der Waals surface area contributed by atoms with Crippen molar-refractivity contribution in [2.75, 3.05) is 26.2 Å². The van der Waals surface area contributed by atoms with E-state index in [1.807, 2.05) is 0 Å². The molecule has 1 unspecified atom stereocenters. The molecule has 0 aromatic rings. The molecule has 1 atom stereocenters. The first kappa shape index (κ1) is 15.9. The van der Waals surface area contributed by atoms with Crippen LogP contribution in [0.5, 0.6) is 0 Å². The van der Waals surface area contributed by atoms with Crippen LogP contribution in [0.4, 0.5) is 0 Å². The van der Waals surface area contributed by atoms with E-state index in [0.29, 0.717) is 19.4 Å². The molecular formula is C10H19N3O5S. The minimum absolute atomic E-state index is 0.00912. The molecule has 1 fully saturated rings. The Balaban J connectivity index is 2.47. The van der Waals surface area contributed by atoms with Crippen LogP contribution in [0.3, 0.4) is 0 Å². The Hall–Kier alpha value is -1.19. The van der Waals surface area contributed by atoms with Gasteiger partial charge in [-0.05, 0) is 12.8 Å². The monoisotopic (exact) mass is 293 g/mol. The van der Waals surface area contributed by atoms with Crippen molar-refractivity contribution >= 4 is 22.1 Å². The van der Waals surface area contributed by atoms with Gasteiger partial charge in [0.15, 0.2) is 0 Å². The number of hydrogen-bond acceptors (Lipinski definition) is 4. The fourth-order valence-corrected chi connectivity index (χ4v) is 3.16. The number of nitrogens with one attached hydrogen (secondary N) is 2. The first-order valence-corrected chi connectivity index (χ1v) is 7.49. The number of hydrogen-bond donors (Lipinski definition) is 3. The molecule has 0 aromatic carbocycles. The van der Waals surface area contributed by atoms with Gasteiger partial charge in [-0.3, -0.25) is 9.59 Å². The molecule has 0 aliphatic carbocycles. The lowest BCUT2D eigenvalue weighted by Crippen LogP contribution is -2.48. The van der Waals surface area contributed by atoms with Gasteiger partial charge >= 0.3 is 5.97 Å². The highest BCUT2D eigenvalue weighted by Crippen LogP contribution is 2.18. The molecule has 19 heavy (non-hydrogen) atoms. The molecule has 110 valence electrons. The van der Waals surface area contributed by atoms with Crippen LogP contribution in [0, 0.1) is 5.92 Å². The van der Waals surface area contributed by atoms with E-state index in [9.17, 15) is 18.0 Å². The molecule has 8 nitrogen and oxygen atoms in total. The number of amides is 1. The molecule has 1 saturated heterocycles. The van der Waals surface area contributed by atoms with Crippen molar-refractivity contribution in [1.82, 2.24) is 14.3 Å². The molecule has 0 saturated carbocycles. The van der Waals surface area contributed by atoms with E-state index in [-0.39, 0.29) is 25.5 Å². The van der Waals surface area contributed by atoms with E-state index in [1.165, 1.54) is 6.92 Å². The third kappa shape index (κ3) is 5.13. The summed E-state index contributed by atoms with van der Waals surface area (Å²) >= 11 is 0. The third-order valence-corrected chi connectivity index (χ3v) is 4.44. The van der Waals surface area contributed by atoms with Gasteiger partial charge < -0.3 is 10.4 Å². The fourth-order valence-electron chi connectivity index (χ4n) is 1.87. The van der Waals surface area contributed by atoms with Gasteiger partial charge in [0.05, 0.1) is 5.92 Å². The maximum absolute atomic E-state index is 11.9. The van der Waals surface area contributed by atoms with Gasteiger partial charge in [-0.15, -0.1) is 0 Å². The van der Waals surface area contributed by atoms with Crippen LogP contribution >= 0.6 is 0 Å². The van der Waals surface area contributed by atoms with Crippen LogP contribution in [0.1, 0.15) is 19.8 Å². The Morgan fingerprint density at radius 3 is 2.63 bits per heavy atom. The van der Waals surface area contributed by atoms with E-state index < -0.39 is 22.1 Å². The maximum Gasteiger partial charge on any atom is 0.307 e. The van der Waals surface area contributed by atoms with E-state index >= 15 is 0 Å². The Kier molecular flexibility index (Phi) is 5.70. The molecule has 9 heteroatoms. The second-order valence-electron chi connectivity index (χ2n) is 4.42. The normalized spacial score (nSPS) is 21.0. The number of carboxylic acids is 1. The summed E-state index contributed by atoms with van der Waals surface area (Å²) in [5, 5.41) is 11.4. The molecule has 0 bridgehead atoms. The zero-order chi connectivity index (χ0) is 14.5. The summed E-state index contributed by atoms with van der Waals surface area (Å²) in [5.41, 5.74) is 0. The lowest BCUT2D eigenvalue weighted by molar-refractivity contribution is -0.142. The zero-order valence-electron chi connectivity index (χ0n) is 10.8. The fraction of sp³-hybridized carbons (Fsp3) is 0.800. The molecule has 1 rings (SSSR count). The van der Waals surface area contributed by atoms with Gasteiger partial charge in [0.1, 0.15) is 0 Å². The van der Waals surface area contributed by atoms with Crippen molar-refractivity contribution in [2.45, 2.75) is 19.8 Å². The summed E-state index contributed by atoms with van der Waals surface area (Å²) < 4.78 is 27.3. The van der Waals surface area contributed by atoms with Crippen LogP contribution in [-0.2, 0) is 19.8 Å². The lowest BCUT2D eigenvalue weighted by Gasteiger charge is -2.29. The quantitative estimate of drug-likeness (QED) is 0.529. The van der Waals surface area contributed by atoms with Crippen molar-refractivity contribution in [3.63, 3.8) is 0 Å². The molecule has 1 aliphatic rings. The van der Waals surface area contributed by atoms with E-state index in [0.717, 1.165) is 4.31 Å². The number of piperidine rings is 1. The molecule has 1 aliphatic heterocycles. The molecular weight excluding hydrogens is 274 g/mol. The van der Waals surface area contributed by atoms with Crippen molar-refractivity contribution in [1.29, 1.82) is 0 Å². The predicted octanol–water partition coefficient (Wildman–Crippen LogP) is -1.25.